The van der Waals surface area contributed by atoms with Crippen LogP contribution < -0.4 is 10.6 Å². The third-order valence-corrected chi connectivity index (χ3v) is 8.09. The number of Topliss-reactive ketones (excluding diaryl/α,β-unsaturated/α-hetero) is 1. The fourth-order valence-electron chi connectivity index (χ4n) is 5.78. The maximum absolute atomic E-state index is 13.3. The van der Waals surface area contributed by atoms with Crippen LogP contribution in [0.15, 0.2) is 24.3 Å². The molecule has 0 bridgehead atoms. The summed E-state index contributed by atoms with van der Waals surface area (Å²) < 4.78 is 5.19. The van der Waals surface area contributed by atoms with E-state index in [1.807, 2.05) is 36.9 Å². The van der Waals surface area contributed by atoms with Crippen LogP contribution in [0.2, 0.25) is 0 Å². The van der Waals surface area contributed by atoms with Gasteiger partial charge >= 0.3 is 0 Å². The topological polar surface area (TPSA) is 87.7 Å². The highest BCUT2D eigenvalue weighted by Gasteiger charge is 2.32. The van der Waals surface area contributed by atoms with E-state index in [4.69, 9.17) is 4.74 Å². The molecule has 3 aliphatic rings. The fourth-order valence-corrected chi connectivity index (χ4v) is 5.78. The zero-order valence-corrected chi connectivity index (χ0v) is 22.0. The van der Waals surface area contributed by atoms with Crippen LogP contribution in [0.5, 0.6) is 0 Å². The Morgan fingerprint density at radius 2 is 1.86 bits per heavy atom. The van der Waals surface area contributed by atoms with Gasteiger partial charge in [0.05, 0.1) is 25.8 Å². The molecule has 7 nitrogen and oxygen atoms in total. The number of piperidine rings is 1. The Bertz CT molecular complexity index is 919. The minimum atomic E-state index is -0.414. The molecule has 0 spiro atoms. The summed E-state index contributed by atoms with van der Waals surface area (Å²) >= 11 is 0. The zero-order valence-electron chi connectivity index (χ0n) is 22.0. The summed E-state index contributed by atoms with van der Waals surface area (Å²) in [5.74, 6) is 0.947. The first kappa shape index (κ1) is 26.8. The van der Waals surface area contributed by atoms with Crippen molar-refractivity contribution in [2.24, 2.45) is 17.8 Å². The molecule has 0 radical (unpaired) electrons. The number of nitrogens with zero attached hydrogens (tertiary/aromatic N) is 1. The number of nitrogens with one attached hydrogen (secondary N) is 2. The molecule has 2 amide bonds. The monoisotopic (exact) mass is 501 g/mol. The lowest BCUT2D eigenvalue weighted by atomic mass is 9.80. The smallest absolute Gasteiger partial charge is 0.251 e. The van der Waals surface area contributed by atoms with E-state index in [1.54, 1.807) is 0 Å². The zero-order chi connectivity index (χ0) is 25.5. The molecular formula is C29H47N3O4. The summed E-state index contributed by atoms with van der Waals surface area (Å²) in [5.41, 5.74) is 1.68. The molecule has 1 saturated carbocycles. The molecule has 4 rings (SSSR count). The van der Waals surface area contributed by atoms with Crippen LogP contribution in [0.3, 0.4) is 0 Å². The maximum atomic E-state index is 13.3. The number of benzene rings is 1. The first-order valence-electron chi connectivity index (χ1n) is 13.9. The summed E-state index contributed by atoms with van der Waals surface area (Å²) in [4.78, 5) is 41.0. The van der Waals surface area contributed by atoms with E-state index in [0.29, 0.717) is 24.6 Å². The summed E-state index contributed by atoms with van der Waals surface area (Å²) in [6, 6.07) is 7.36. The largest absolute Gasteiger partial charge is 0.381 e. The van der Waals surface area contributed by atoms with Crippen molar-refractivity contribution in [2.45, 2.75) is 70.8 Å². The summed E-state index contributed by atoms with van der Waals surface area (Å²) in [7, 11) is 0. The van der Waals surface area contributed by atoms with Crippen molar-refractivity contribution in [1.82, 2.24) is 15.5 Å². The van der Waals surface area contributed by atoms with Gasteiger partial charge in [0.25, 0.3) is 5.91 Å². The van der Waals surface area contributed by atoms with Crippen molar-refractivity contribution in [3.63, 3.8) is 0 Å². The fraction of sp³-hybridized carbons (Fsp3) is 0.690. The maximum Gasteiger partial charge on any atom is 0.251 e. The van der Waals surface area contributed by atoms with Gasteiger partial charge in [0, 0.05) is 45.8 Å². The van der Waals surface area contributed by atoms with E-state index in [-0.39, 0.29) is 38.2 Å². The number of amides is 2. The first-order valence-corrected chi connectivity index (χ1v) is 13.9. The third kappa shape index (κ3) is 6.94. The van der Waals surface area contributed by atoms with Gasteiger partial charge in [0.15, 0.2) is 5.78 Å². The van der Waals surface area contributed by atoms with Gasteiger partial charge in [0.2, 0.25) is 5.91 Å². The van der Waals surface area contributed by atoms with Crippen LogP contribution >= 0.6 is 0 Å². The van der Waals surface area contributed by atoms with E-state index >= 15 is 0 Å². The summed E-state index contributed by atoms with van der Waals surface area (Å²) in [6.45, 7) is 8.03. The molecule has 7 heteroatoms. The number of likely N-dealkylation sites (tertiary alicyclic amines) is 1. The number of carbonyl (C=O) groups excluding carboxylic acids is 3. The molecular weight excluding hydrogens is 454 g/mol. The second-order valence-corrected chi connectivity index (χ2v) is 11.2. The third-order valence-electron chi connectivity index (χ3n) is 8.09. The molecule has 2 atom stereocenters. The highest BCUT2D eigenvalue weighted by atomic mass is 16.5. The summed E-state index contributed by atoms with van der Waals surface area (Å²) in [6.07, 6.45) is 7.41. The number of rotatable bonds is 10. The Kier molecular flexibility index (Phi) is 9.54. The van der Waals surface area contributed by atoms with Crippen LogP contribution in [0.25, 0.3) is 0 Å². The predicted octanol–water partition coefficient (Wildman–Crippen LogP) is 4.02. The lowest BCUT2D eigenvalue weighted by Crippen LogP contribution is -2.48. The van der Waals surface area contributed by atoms with E-state index < -0.39 is 6.04 Å². The highest BCUT2D eigenvalue weighted by molar-refractivity contribution is 5.98. The Morgan fingerprint density at radius 1 is 1.08 bits per heavy atom. The van der Waals surface area contributed by atoms with Crippen LogP contribution in [-0.2, 0) is 14.3 Å². The predicted molar refractivity (Wildman–Crippen MR) is 144 cm³/mol. The molecule has 1 aromatic rings. The number of ketones is 1. The van der Waals surface area contributed by atoms with Gasteiger partial charge < -0.3 is 20.3 Å². The van der Waals surface area contributed by atoms with Gasteiger partial charge in [-0.25, -0.2) is 0 Å². The highest BCUT2D eigenvalue weighted by Crippen LogP contribution is 2.30. The minimum Gasteiger partial charge on any atom is -0.381 e. The molecule has 1 unspecified atom stereocenters. The van der Waals surface area contributed by atoms with Crippen molar-refractivity contribution in [3.05, 3.63) is 35.4 Å². The van der Waals surface area contributed by atoms with Crippen molar-refractivity contribution >= 4 is 17.6 Å². The Balaban J connectivity index is 0.00000253. The van der Waals surface area contributed by atoms with Crippen molar-refractivity contribution < 1.29 is 22.0 Å². The number of hydrogen-bond donors (Lipinski definition) is 2. The average Bonchev–Trinajstić information content (AvgIpc) is 2.88. The van der Waals surface area contributed by atoms with Gasteiger partial charge in [-0.05, 0) is 49.3 Å². The Labute approximate surface area is 218 Å². The van der Waals surface area contributed by atoms with Crippen LogP contribution in [-0.4, -0.2) is 67.9 Å². The van der Waals surface area contributed by atoms with Gasteiger partial charge in [0.1, 0.15) is 0 Å². The molecule has 3 fully saturated rings. The van der Waals surface area contributed by atoms with Gasteiger partial charge in [-0.2, -0.15) is 0 Å². The lowest BCUT2D eigenvalue weighted by Gasteiger charge is -2.34. The molecule has 2 heterocycles. The van der Waals surface area contributed by atoms with Crippen LogP contribution in [0.1, 0.15) is 83.5 Å². The van der Waals surface area contributed by atoms with Crippen molar-refractivity contribution in [3.8, 4) is 0 Å². The first-order chi connectivity index (χ1) is 17.4. The van der Waals surface area contributed by atoms with E-state index in [9.17, 15) is 14.4 Å². The second-order valence-electron chi connectivity index (χ2n) is 11.2. The normalized spacial score (nSPS) is 22.2. The molecule has 2 saturated heterocycles. The SMILES string of the molecule is CC(C)C(=O)[C@H](NC(=O)c1cccc(C2CCCN(C(=O)CNCC3COC3)C2)c1)C1CCCCC1.[HH].[HH]. The molecule has 1 aromatic carbocycles. The Hall–Kier alpha value is -2.25. The number of carbonyl (C=O) groups is 3. The molecule has 1 aliphatic carbocycles. The van der Waals surface area contributed by atoms with Crippen LogP contribution in [0.4, 0.5) is 0 Å². The number of hydrogen-bond acceptors (Lipinski definition) is 5. The van der Waals surface area contributed by atoms with Gasteiger partial charge in [-0.3, -0.25) is 14.4 Å². The quantitative estimate of drug-likeness (QED) is 0.506. The summed E-state index contributed by atoms with van der Waals surface area (Å²) in [5, 5.41) is 6.39. The van der Waals surface area contributed by atoms with E-state index in [2.05, 4.69) is 16.7 Å². The molecule has 2 aliphatic heterocycles. The van der Waals surface area contributed by atoms with Crippen molar-refractivity contribution in [2.75, 3.05) is 39.4 Å². The molecule has 2 N–H and O–H groups in total. The Morgan fingerprint density at radius 3 is 2.56 bits per heavy atom. The molecule has 202 valence electrons. The van der Waals surface area contributed by atoms with Crippen molar-refractivity contribution in [1.29, 1.82) is 0 Å². The van der Waals surface area contributed by atoms with Gasteiger partial charge in [-0.1, -0.05) is 45.2 Å². The molecule has 0 aromatic heterocycles. The standard InChI is InChI=1S/C29H43N3O4.2H2/c1-20(2)28(34)27(22-8-4-3-5-9-22)31-29(35)24-11-6-10-23(14-24)25-12-7-13-32(17-25)26(33)16-30-15-21-18-36-19-21;;/h6,10-11,14,20-22,25,27,30H,3-5,7-9,12-13,15-19H2,1-2H3,(H,31,35);2*1H/t25?,27-;;/m1../s1. The number of ether oxygens (including phenoxy) is 1. The average molecular weight is 502 g/mol. The van der Waals surface area contributed by atoms with E-state index in [0.717, 1.165) is 70.4 Å². The molecule has 36 heavy (non-hydrogen) atoms. The lowest BCUT2D eigenvalue weighted by molar-refractivity contribution is -0.131. The second kappa shape index (κ2) is 12.8. The van der Waals surface area contributed by atoms with Gasteiger partial charge in [-0.15, -0.1) is 0 Å². The van der Waals surface area contributed by atoms with Crippen LogP contribution in [0, 0.1) is 17.8 Å². The van der Waals surface area contributed by atoms with E-state index in [1.165, 1.54) is 6.42 Å². The minimum absolute atomic E-state index is 0.